The fourth-order valence-corrected chi connectivity index (χ4v) is 3.77. The van der Waals surface area contributed by atoms with Crippen molar-refractivity contribution < 1.29 is 23.0 Å². The highest BCUT2D eigenvalue weighted by Crippen LogP contribution is 2.36. The number of ether oxygens (including phenoxy) is 1. The van der Waals surface area contributed by atoms with E-state index in [1.165, 1.54) is 6.07 Å². The van der Waals surface area contributed by atoms with Crippen molar-refractivity contribution in [2.45, 2.75) is 38.6 Å². The molecule has 0 radical (unpaired) electrons. The molecule has 1 saturated heterocycles. The minimum absolute atomic E-state index is 0.104. The highest BCUT2D eigenvalue weighted by molar-refractivity contribution is 5.38. The molecule has 1 aliphatic rings. The number of hydrazine groups is 1. The molecule has 4 N–H and O–H groups in total. The van der Waals surface area contributed by atoms with Crippen molar-refractivity contribution in [3.63, 3.8) is 0 Å². The Labute approximate surface area is 177 Å². The summed E-state index contributed by atoms with van der Waals surface area (Å²) in [5.41, 5.74) is 5.99. The van der Waals surface area contributed by atoms with Crippen LogP contribution in [-0.4, -0.2) is 63.0 Å². The first kappa shape index (κ1) is 24.9. The molecule has 30 heavy (non-hydrogen) atoms. The van der Waals surface area contributed by atoms with Crippen molar-refractivity contribution in [2.24, 2.45) is 11.8 Å². The number of aliphatic hydroxyl groups is 1. The fraction of sp³-hybridized carbons (Fsp3) is 0.714. The summed E-state index contributed by atoms with van der Waals surface area (Å²) >= 11 is 0. The van der Waals surface area contributed by atoms with Gasteiger partial charge in [0.1, 0.15) is 11.9 Å². The van der Waals surface area contributed by atoms with E-state index in [-0.39, 0.29) is 30.2 Å². The lowest BCUT2D eigenvalue weighted by Crippen LogP contribution is -2.34. The van der Waals surface area contributed by atoms with E-state index in [1.54, 1.807) is 6.07 Å². The van der Waals surface area contributed by atoms with Crippen molar-refractivity contribution in [3.05, 3.63) is 29.3 Å². The van der Waals surface area contributed by atoms with Gasteiger partial charge in [0.25, 0.3) is 0 Å². The molecule has 1 aliphatic heterocycles. The van der Waals surface area contributed by atoms with Crippen LogP contribution in [0.1, 0.15) is 37.4 Å². The Morgan fingerprint density at radius 2 is 2.03 bits per heavy atom. The van der Waals surface area contributed by atoms with Gasteiger partial charge in [-0.05, 0) is 50.2 Å². The van der Waals surface area contributed by atoms with Crippen molar-refractivity contribution in [1.82, 2.24) is 21.1 Å². The van der Waals surface area contributed by atoms with Crippen LogP contribution in [0.3, 0.4) is 0 Å². The SMILES string of the molecule is CNCCN(C)CC1CNNC1c1cc(OC(CO)CC(C)C)cc(C(F)(F)F)c1. The molecule has 0 spiro atoms. The average Bonchev–Trinajstić information content (AvgIpc) is 3.12. The Balaban J connectivity index is 2.26. The molecule has 0 amide bonds. The molecule has 3 atom stereocenters. The largest absolute Gasteiger partial charge is 0.488 e. The van der Waals surface area contributed by atoms with E-state index >= 15 is 0 Å². The summed E-state index contributed by atoms with van der Waals surface area (Å²) in [6.07, 6.45) is -4.46. The summed E-state index contributed by atoms with van der Waals surface area (Å²) in [7, 11) is 3.89. The zero-order valence-corrected chi connectivity index (χ0v) is 18.2. The van der Waals surface area contributed by atoms with E-state index in [0.29, 0.717) is 18.5 Å². The number of aliphatic hydroxyl groups excluding tert-OH is 1. The zero-order chi connectivity index (χ0) is 22.3. The predicted molar refractivity (Wildman–Crippen MR) is 111 cm³/mol. The maximum Gasteiger partial charge on any atom is 0.416 e. The van der Waals surface area contributed by atoms with Crippen LogP contribution < -0.4 is 20.9 Å². The van der Waals surface area contributed by atoms with Crippen molar-refractivity contribution in [2.75, 3.05) is 46.9 Å². The van der Waals surface area contributed by atoms with Gasteiger partial charge >= 0.3 is 6.18 Å². The molecule has 172 valence electrons. The van der Waals surface area contributed by atoms with Crippen LogP contribution in [0.5, 0.6) is 5.75 Å². The van der Waals surface area contributed by atoms with Crippen LogP contribution in [0, 0.1) is 11.8 Å². The second-order valence-electron chi connectivity index (χ2n) is 8.47. The number of halogens is 3. The van der Waals surface area contributed by atoms with E-state index in [4.69, 9.17) is 4.74 Å². The highest BCUT2D eigenvalue weighted by Gasteiger charge is 2.35. The normalized spacial score (nSPS) is 20.9. The van der Waals surface area contributed by atoms with E-state index in [1.807, 2.05) is 27.9 Å². The number of nitrogens with one attached hydrogen (secondary N) is 3. The first-order valence-electron chi connectivity index (χ1n) is 10.4. The van der Waals surface area contributed by atoms with Crippen molar-refractivity contribution >= 4 is 0 Å². The molecular weight excluding hydrogens is 397 g/mol. The summed E-state index contributed by atoms with van der Waals surface area (Å²) < 4.78 is 46.4. The van der Waals surface area contributed by atoms with Gasteiger partial charge in [-0.25, -0.2) is 5.43 Å². The van der Waals surface area contributed by atoms with Gasteiger partial charge in [0.2, 0.25) is 0 Å². The second-order valence-corrected chi connectivity index (χ2v) is 8.47. The quantitative estimate of drug-likeness (QED) is 0.431. The molecule has 0 saturated carbocycles. The summed E-state index contributed by atoms with van der Waals surface area (Å²) in [4.78, 5) is 2.16. The topological polar surface area (TPSA) is 68.8 Å². The van der Waals surface area contributed by atoms with Gasteiger partial charge in [-0.15, -0.1) is 0 Å². The summed E-state index contributed by atoms with van der Waals surface area (Å²) in [5.74, 6) is 0.494. The van der Waals surface area contributed by atoms with E-state index in [0.717, 1.165) is 25.7 Å². The lowest BCUT2D eigenvalue weighted by molar-refractivity contribution is -0.137. The minimum Gasteiger partial charge on any atom is -0.488 e. The lowest BCUT2D eigenvalue weighted by atomic mass is 9.93. The number of benzene rings is 1. The third-order valence-corrected chi connectivity index (χ3v) is 5.24. The highest BCUT2D eigenvalue weighted by atomic mass is 19.4. The average molecular weight is 433 g/mol. The molecule has 1 aromatic rings. The molecule has 0 aromatic heterocycles. The van der Waals surface area contributed by atoms with Crippen LogP contribution in [0.4, 0.5) is 13.2 Å². The van der Waals surface area contributed by atoms with E-state index < -0.39 is 17.8 Å². The summed E-state index contributed by atoms with van der Waals surface area (Å²) in [6.45, 7) is 6.81. The first-order chi connectivity index (χ1) is 14.1. The Morgan fingerprint density at radius 1 is 1.30 bits per heavy atom. The van der Waals surface area contributed by atoms with E-state index in [2.05, 4.69) is 21.1 Å². The third kappa shape index (κ3) is 7.39. The first-order valence-corrected chi connectivity index (χ1v) is 10.4. The molecule has 9 heteroatoms. The molecule has 1 fully saturated rings. The fourth-order valence-electron chi connectivity index (χ4n) is 3.77. The molecular formula is C21H35F3N4O2. The third-order valence-electron chi connectivity index (χ3n) is 5.24. The van der Waals surface area contributed by atoms with Crippen LogP contribution in [0.2, 0.25) is 0 Å². The van der Waals surface area contributed by atoms with Crippen LogP contribution in [-0.2, 0) is 6.18 Å². The monoisotopic (exact) mass is 432 g/mol. The van der Waals surface area contributed by atoms with Crippen LogP contribution in [0.15, 0.2) is 18.2 Å². The summed E-state index contributed by atoms with van der Waals surface area (Å²) in [6, 6.07) is 3.59. The molecule has 6 nitrogen and oxygen atoms in total. The predicted octanol–water partition coefficient (Wildman–Crippen LogP) is 2.41. The minimum atomic E-state index is -4.48. The van der Waals surface area contributed by atoms with Gasteiger partial charge in [-0.3, -0.25) is 5.43 Å². The Morgan fingerprint density at radius 3 is 2.63 bits per heavy atom. The van der Waals surface area contributed by atoms with Crippen molar-refractivity contribution in [1.29, 1.82) is 0 Å². The van der Waals surface area contributed by atoms with Crippen LogP contribution in [0.25, 0.3) is 0 Å². The maximum atomic E-state index is 13.6. The molecule has 3 unspecified atom stereocenters. The number of hydrogen-bond donors (Lipinski definition) is 4. The molecule has 2 rings (SSSR count). The number of nitrogens with zero attached hydrogens (tertiary/aromatic N) is 1. The maximum absolute atomic E-state index is 13.6. The van der Waals surface area contributed by atoms with Gasteiger partial charge in [0.05, 0.1) is 18.2 Å². The molecule has 1 aromatic carbocycles. The standard InChI is InChI=1S/C21H35F3N4O2/c1-14(2)7-19(13-29)30-18-9-15(8-17(10-18)21(22,23)24)20-16(11-26-27-20)12-28(4)6-5-25-3/h8-10,14,16,19-20,25-27,29H,5-7,11-13H2,1-4H3. The van der Waals surface area contributed by atoms with Crippen LogP contribution >= 0.6 is 0 Å². The van der Waals surface area contributed by atoms with Gasteiger partial charge < -0.3 is 20.1 Å². The van der Waals surface area contributed by atoms with E-state index in [9.17, 15) is 18.3 Å². The van der Waals surface area contributed by atoms with Gasteiger partial charge in [0.15, 0.2) is 0 Å². The molecule has 1 heterocycles. The van der Waals surface area contributed by atoms with Gasteiger partial charge in [0, 0.05) is 32.1 Å². The van der Waals surface area contributed by atoms with Crippen molar-refractivity contribution in [3.8, 4) is 5.75 Å². The second kappa shape index (κ2) is 11.3. The Kier molecular flexibility index (Phi) is 9.36. The van der Waals surface area contributed by atoms with Gasteiger partial charge in [-0.1, -0.05) is 13.8 Å². The zero-order valence-electron chi connectivity index (χ0n) is 18.2. The number of likely N-dealkylation sites (N-methyl/N-ethyl adjacent to an activating group) is 2. The Hall–Kier alpha value is -1.39. The lowest BCUT2D eigenvalue weighted by Gasteiger charge is -2.26. The van der Waals surface area contributed by atoms with Gasteiger partial charge in [-0.2, -0.15) is 13.2 Å². The summed E-state index contributed by atoms with van der Waals surface area (Å²) in [5, 5.41) is 12.7. The number of rotatable bonds is 11. The number of hydrogen-bond acceptors (Lipinski definition) is 6. The number of alkyl halides is 3. The Bertz CT molecular complexity index is 658. The smallest absolute Gasteiger partial charge is 0.416 e. The molecule has 0 aliphatic carbocycles. The molecule has 0 bridgehead atoms.